The number of hydrogen-bond acceptors (Lipinski definition) is 6. The molecule has 26 heteroatoms. The molecule has 0 saturated heterocycles. The van der Waals surface area contributed by atoms with Crippen molar-refractivity contribution in [2.24, 2.45) is 0 Å². The quantitative estimate of drug-likeness (QED) is 0.121. The van der Waals surface area contributed by atoms with Crippen LogP contribution in [-0.4, -0.2) is 92.9 Å². The molecular weight excluding hydrogens is 672 g/mol. The minimum Gasteiger partial charge on any atom is -0.748 e. The van der Waals surface area contributed by atoms with E-state index in [0.29, 0.717) is 0 Å². The van der Waals surface area contributed by atoms with Gasteiger partial charge in [0.15, 0.2) is 0 Å². The van der Waals surface area contributed by atoms with E-state index in [0.717, 1.165) is 0 Å². The second-order valence-electron chi connectivity index (χ2n) is 7.50. The Morgan fingerprint density at radius 1 is 0.500 bits per heavy atom. The molecule has 0 aliphatic heterocycles. The van der Waals surface area contributed by atoms with Crippen molar-refractivity contribution in [2.75, 3.05) is 24.6 Å². The topological polar surface area (TPSA) is 103 Å². The van der Waals surface area contributed by atoms with Gasteiger partial charge in [-0.3, -0.25) is 0 Å². The Morgan fingerprint density at radius 2 is 0.800 bits per heavy atom. The Hall–Kier alpha value is -0.370. The number of rotatable bonds is 15. The van der Waals surface area contributed by atoms with Gasteiger partial charge >= 0.3 is 76.5 Å². The second kappa shape index (κ2) is 12.3. The van der Waals surface area contributed by atoms with E-state index < -0.39 is 104 Å². The first-order valence-corrected chi connectivity index (χ1v) is 12.5. The summed E-state index contributed by atoms with van der Waals surface area (Å²) in [7, 11) is -11.9. The first kappa shape index (κ1) is 41.8. The fraction of sp³-hybridized carbons (Fsp3) is 1.00. The smallest absolute Gasteiger partial charge is 0.748 e. The van der Waals surface area contributed by atoms with Gasteiger partial charge < -0.3 is 9.87 Å². The molecule has 0 aromatic heterocycles. The van der Waals surface area contributed by atoms with Crippen molar-refractivity contribution < 1.29 is 126 Å². The molecule has 0 aromatic carbocycles. The molecule has 0 saturated carbocycles. The summed E-state index contributed by atoms with van der Waals surface area (Å²) in [6, 6.07) is 0. The van der Waals surface area contributed by atoms with Gasteiger partial charge in [-0.2, -0.15) is 74.6 Å². The van der Waals surface area contributed by atoms with Crippen molar-refractivity contribution in [2.45, 2.75) is 59.8 Å². The van der Waals surface area contributed by atoms with Gasteiger partial charge in [-0.15, -0.1) is 0 Å². The average molecular weight is 685 g/mol. The Kier molecular flexibility index (Phi) is 12.9. The maximum Gasteiger partial charge on any atom is 1.00 e. The largest absolute Gasteiger partial charge is 1.00 e. The Balaban J connectivity index is 0. The van der Waals surface area contributed by atoms with Crippen molar-refractivity contribution in [1.29, 1.82) is 0 Å². The molecule has 0 radical (unpaired) electrons. The van der Waals surface area contributed by atoms with Gasteiger partial charge in [0.05, 0.1) is 15.9 Å². The molecule has 0 aromatic rings. The summed E-state index contributed by atoms with van der Waals surface area (Å²) in [6.07, 6.45) is -9.70. The zero-order valence-corrected chi connectivity index (χ0v) is 22.7. The van der Waals surface area contributed by atoms with Crippen LogP contribution in [0.4, 0.5) is 74.6 Å². The van der Waals surface area contributed by atoms with E-state index in [1.807, 2.05) is 5.32 Å². The Bertz CT molecular complexity index is 1080. The van der Waals surface area contributed by atoms with E-state index in [1.165, 1.54) is 0 Å². The molecule has 0 aliphatic rings. The molecule has 0 heterocycles. The minimum absolute atomic E-state index is 0. The van der Waals surface area contributed by atoms with Crippen molar-refractivity contribution in [1.82, 2.24) is 5.32 Å². The average Bonchev–Trinajstić information content (AvgIpc) is 2.70. The van der Waals surface area contributed by atoms with Gasteiger partial charge in [0.2, 0.25) is 9.84 Å². The summed E-state index contributed by atoms with van der Waals surface area (Å²) in [5.74, 6) is -55.2. The number of sulfone groups is 1. The van der Waals surface area contributed by atoms with Crippen molar-refractivity contribution in [3.05, 3.63) is 0 Å². The van der Waals surface area contributed by atoms with Crippen LogP contribution in [0.25, 0.3) is 0 Å². The monoisotopic (exact) mass is 685 g/mol. The predicted octanol–water partition coefficient (Wildman–Crippen LogP) is 1.29. The standard InChI is InChI=1S/C14H14F17NO5S2.Na/c15-7(16,9(19,20)11(23,24)13(27,28)29)8(17,18)10(21,22)12(25,26)14(30,31)38(33,34)5-1-3-32-4-2-6-39(35,36)37;/h32H,1-6H2,(H,35,36,37);/q;+1/p-1. The van der Waals surface area contributed by atoms with Crippen LogP contribution in [-0.2, 0) is 20.0 Å². The van der Waals surface area contributed by atoms with Crippen LogP contribution in [0.3, 0.4) is 0 Å². The summed E-state index contributed by atoms with van der Waals surface area (Å²) >= 11 is 0. The summed E-state index contributed by atoms with van der Waals surface area (Å²) in [4.78, 5) is 0. The molecule has 0 spiro atoms. The van der Waals surface area contributed by atoms with E-state index in [2.05, 4.69) is 0 Å². The van der Waals surface area contributed by atoms with Gasteiger partial charge in [-0.05, 0) is 25.9 Å². The number of alkyl halides is 17. The third kappa shape index (κ3) is 7.22. The van der Waals surface area contributed by atoms with E-state index in [9.17, 15) is 96.0 Å². The van der Waals surface area contributed by atoms with E-state index in [1.54, 1.807) is 0 Å². The molecule has 236 valence electrons. The maximum absolute atomic E-state index is 13.8. The molecule has 0 aliphatic carbocycles. The molecule has 0 fully saturated rings. The van der Waals surface area contributed by atoms with Crippen molar-refractivity contribution in [3.8, 4) is 0 Å². The molecule has 0 bridgehead atoms. The molecule has 40 heavy (non-hydrogen) atoms. The Morgan fingerprint density at radius 3 is 1.12 bits per heavy atom. The normalized spacial score (nSPS) is 15.7. The molecule has 1 N–H and O–H groups in total. The molecule has 0 unspecified atom stereocenters. The molecule has 0 atom stereocenters. The fourth-order valence-electron chi connectivity index (χ4n) is 2.36. The van der Waals surface area contributed by atoms with Crippen LogP contribution in [0, 0.1) is 0 Å². The van der Waals surface area contributed by atoms with Crippen molar-refractivity contribution in [3.63, 3.8) is 0 Å². The number of halogens is 17. The zero-order valence-electron chi connectivity index (χ0n) is 19.0. The second-order valence-corrected chi connectivity index (χ2v) is 11.2. The number of nitrogens with one attached hydrogen (secondary N) is 1. The van der Waals surface area contributed by atoms with Gasteiger partial charge in [0.1, 0.15) is 0 Å². The Labute approximate surface area is 235 Å². The number of hydrogen-bond donors (Lipinski definition) is 1. The predicted molar refractivity (Wildman–Crippen MR) is 91.1 cm³/mol. The van der Waals surface area contributed by atoms with Crippen LogP contribution < -0.4 is 34.9 Å². The van der Waals surface area contributed by atoms with Crippen LogP contribution in [0.5, 0.6) is 0 Å². The van der Waals surface area contributed by atoms with Crippen LogP contribution in [0.15, 0.2) is 0 Å². The summed E-state index contributed by atoms with van der Waals surface area (Å²) in [5, 5.41) is -5.53. The maximum atomic E-state index is 13.8. The summed E-state index contributed by atoms with van der Waals surface area (Å²) < 4.78 is 278. The summed E-state index contributed by atoms with van der Waals surface area (Å²) in [5.41, 5.74) is 0. The van der Waals surface area contributed by atoms with Crippen LogP contribution in [0.2, 0.25) is 0 Å². The van der Waals surface area contributed by atoms with Gasteiger partial charge in [0.25, 0.3) is 0 Å². The molecule has 0 rings (SSSR count). The molecular formula is C14H13F17NNaO5S2. The third-order valence-electron chi connectivity index (χ3n) is 4.60. The van der Waals surface area contributed by atoms with Gasteiger partial charge in [0, 0.05) is 5.75 Å². The van der Waals surface area contributed by atoms with E-state index in [-0.39, 0.29) is 29.6 Å². The SMILES string of the molecule is O=S(=O)([O-])CCCNCCCS(=O)(=O)C(F)(F)C(F)(F)C(F)(F)C(F)(F)C(F)(F)C(F)(F)C(F)(F)C(F)(F)F.[Na+]. The van der Waals surface area contributed by atoms with Gasteiger partial charge in [-0.25, -0.2) is 16.8 Å². The van der Waals surface area contributed by atoms with Crippen LogP contribution in [0.1, 0.15) is 12.8 Å². The molecule has 6 nitrogen and oxygen atoms in total. The zero-order chi connectivity index (χ0) is 31.9. The van der Waals surface area contributed by atoms with Crippen LogP contribution >= 0.6 is 0 Å². The first-order chi connectivity index (χ1) is 16.7. The minimum atomic E-state index is -8.88. The summed E-state index contributed by atoms with van der Waals surface area (Å²) in [6.45, 7) is -1.35. The molecule has 0 amide bonds. The van der Waals surface area contributed by atoms with Gasteiger partial charge in [-0.1, -0.05) is 0 Å². The third-order valence-corrected chi connectivity index (χ3v) is 7.25. The van der Waals surface area contributed by atoms with Crippen molar-refractivity contribution >= 4 is 20.0 Å². The van der Waals surface area contributed by atoms with E-state index in [4.69, 9.17) is 0 Å². The van der Waals surface area contributed by atoms with E-state index >= 15 is 0 Å². The first-order valence-electron chi connectivity index (χ1n) is 9.28. The fourth-order valence-corrected chi connectivity index (χ4v) is 4.16.